The van der Waals surface area contributed by atoms with Crippen molar-refractivity contribution in [3.05, 3.63) is 41.5 Å². The lowest BCUT2D eigenvalue weighted by atomic mass is 9.49. The predicted octanol–water partition coefficient (Wildman–Crippen LogP) is 7.25. The number of allylic oxidation sites excluding steroid dienone is 1. The van der Waals surface area contributed by atoms with Gasteiger partial charge < -0.3 is 9.47 Å². The molecule has 0 spiro atoms. The van der Waals surface area contributed by atoms with Gasteiger partial charge in [0.2, 0.25) is 0 Å². The molecule has 0 N–H and O–H groups in total. The molecule has 2 bridgehead atoms. The van der Waals surface area contributed by atoms with Crippen molar-refractivity contribution >= 4 is 17.9 Å². The van der Waals surface area contributed by atoms with Gasteiger partial charge in [-0.1, -0.05) is 43.7 Å². The van der Waals surface area contributed by atoms with Gasteiger partial charge in [-0.3, -0.25) is 9.80 Å². The lowest BCUT2D eigenvalue weighted by molar-refractivity contribution is -0.199. The van der Waals surface area contributed by atoms with E-state index in [2.05, 4.69) is 19.9 Å². The fourth-order valence-corrected chi connectivity index (χ4v) is 7.13. The number of ether oxygens (including phenoxy) is 2. The molecule has 9 heteroatoms. The molecule has 4 aliphatic carbocycles. The monoisotopic (exact) mass is 534 g/mol. The van der Waals surface area contributed by atoms with Crippen LogP contribution in [-0.2, 0) is 9.47 Å². The molecule has 1 aromatic carbocycles. The smallest absolute Gasteiger partial charge is 0.415 e. The van der Waals surface area contributed by atoms with Crippen LogP contribution in [0.3, 0.4) is 0 Å². The molecule has 0 saturated heterocycles. The first-order valence-electron chi connectivity index (χ1n) is 13.5. The first-order valence-corrected chi connectivity index (χ1v) is 13.5. The van der Waals surface area contributed by atoms with Crippen LogP contribution < -0.4 is 4.90 Å². The number of halogens is 3. The summed E-state index contributed by atoms with van der Waals surface area (Å²) < 4.78 is 56.4. The third-order valence-corrected chi connectivity index (χ3v) is 9.42. The summed E-state index contributed by atoms with van der Waals surface area (Å²) in [7, 11) is 1.26. The quantitative estimate of drug-likeness (QED) is 0.373. The van der Waals surface area contributed by atoms with Crippen molar-refractivity contribution < 1.29 is 32.2 Å². The van der Waals surface area contributed by atoms with Crippen LogP contribution in [0.15, 0.2) is 35.9 Å². The number of amides is 2. The molecule has 0 aromatic heterocycles. The van der Waals surface area contributed by atoms with Gasteiger partial charge in [0.15, 0.2) is 5.54 Å². The number of carbonyl (C=O) groups excluding carboxylic acids is 2. The van der Waals surface area contributed by atoms with E-state index in [1.807, 2.05) is 0 Å². The summed E-state index contributed by atoms with van der Waals surface area (Å²) in [6, 6.07) is 5.65. The molecule has 2 fully saturated rings. The Kier molecular flexibility index (Phi) is 6.50. The Labute approximate surface area is 222 Å². The zero-order chi connectivity index (χ0) is 27.6. The summed E-state index contributed by atoms with van der Waals surface area (Å²) in [5.74, 6) is 0.0878. The Balaban J connectivity index is 1.63. The molecule has 38 heavy (non-hydrogen) atoms. The predicted molar refractivity (Wildman–Crippen MR) is 137 cm³/mol. The van der Waals surface area contributed by atoms with E-state index in [9.17, 15) is 9.59 Å². The van der Waals surface area contributed by atoms with Crippen LogP contribution >= 0.6 is 0 Å². The van der Waals surface area contributed by atoms with Gasteiger partial charge in [-0.25, -0.2) is 9.59 Å². The molecule has 1 aromatic rings. The number of benzene rings is 1. The topological polar surface area (TPSA) is 59.1 Å². The standard InChI is InChI=1S/C29H37F3N2O4/c1-17(2)38-26(36)34-23-9-7-6-8-21(23)24(15-28(34,19-12-13-19)29(30,31)32)33(25(35)37-5)16-18-10-11-20-14-22(18)27(20,3)4/h6-10,17,19-20,22,24H,11-16H2,1-5H3/t20-,22-,24?,28?/m0/s1. The van der Waals surface area contributed by atoms with Crippen molar-refractivity contribution in [3.8, 4) is 0 Å². The molecule has 2 unspecified atom stereocenters. The van der Waals surface area contributed by atoms with Crippen molar-refractivity contribution in [1.82, 2.24) is 4.90 Å². The van der Waals surface area contributed by atoms with E-state index in [4.69, 9.17) is 9.47 Å². The van der Waals surface area contributed by atoms with Crippen molar-refractivity contribution in [3.63, 3.8) is 0 Å². The van der Waals surface area contributed by atoms with Crippen molar-refractivity contribution in [2.45, 2.75) is 83.7 Å². The molecule has 2 saturated carbocycles. The summed E-state index contributed by atoms with van der Waals surface area (Å²) in [5.41, 5.74) is -0.703. The van der Waals surface area contributed by atoms with E-state index in [0.29, 0.717) is 24.3 Å². The van der Waals surface area contributed by atoms with E-state index in [1.165, 1.54) is 18.1 Å². The first-order chi connectivity index (χ1) is 17.8. The van der Waals surface area contributed by atoms with Gasteiger partial charge in [0, 0.05) is 13.0 Å². The normalized spacial score (nSPS) is 29.7. The van der Waals surface area contributed by atoms with Crippen LogP contribution in [0.5, 0.6) is 0 Å². The zero-order valence-corrected chi connectivity index (χ0v) is 22.7. The summed E-state index contributed by atoms with van der Waals surface area (Å²) >= 11 is 0. The Morgan fingerprint density at radius 1 is 1.16 bits per heavy atom. The minimum Gasteiger partial charge on any atom is -0.453 e. The number of carbonyl (C=O) groups is 2. The van der Waals surface area contributed by atoms with Crippen LogP contribution in [0.1, 0.15) is 71.4 Å². The molecule has 208 valence electrons. The summed E-state index contributed by atoms with van der Waals surface area (Å²) in [5, 5.41) is 0. The zero-order valence-electron chi connectivity index (χ0n) is 22.7. The molecule has 1 aliphatic heterocycles. The van der Waals surface area contributed by atoms with Crippen LogP contribution in [-0.4, -0.2) is 48.6 Å². The maximum absolute atomic E-state index is 15.3. The largest absolute Gasteiger partial charge is 0.453 e. The number of hydrogen-bond acceptors (Lipinski definition) is 4. The van der Waals surface area contributed by atoms with Gasteiger partial charge in [0.25, 0.3) is 0 Å². The van der Waals surface area contributed by atoms with Gasteiger partial charge >= 0.3 is 18.4 Å². The lowest BCUT2D eigenvalue weighted by Gasteiger charge is -2.57. The first kappa shape index (κ1) is 26.9. The van der Waals surface area contributed by atoms with Gasteiger partial charge in [-0.05, 0) is 74.3 Å². The highest BCUT2D eigenvalue weighted by Gasteiger charge is 2.70. The number of alkyl halides is 3. The average molecular weight is 535 g/mol. The molecule has 6 rings (SSSR count). The number of nitrogens with zero attached hydrogens (tertiary/aromatic N) is 2. The van der Waals surface area contributed by atoms with Gasteiger partial charge in [0.1, 0.15) is 0 Å². The van der Waals surface area contributed by atoms with E-state index < -0.39 is 48.4 Å². The second-order valence-corrected chi connectivity index (χ2v) is 12.2. The third-order valence-electron chi connectivity index (χ3n) is 9.42. The Morgan fingerprint density at radius 3 is 2.39 bits per heavy atom. The van der Waals surface area contributed by atoms with Crippen LogP contribution in [0.2, 0.25) is 0 Å². The molecule has 1 heterocycles. The summed E-state index contributed by atoms with van der Waals surface area (Å²) in [6.45, 7) is 7.87. The highest BCUT2D eigenvalue weighted by atomic mass is 19.4. The number of rotatable bonds is 5. The van der Waals surface area contributed by atoms with Crippen molar-refractivity contribution in [2.75, 3.05) is 18.6 Å². The molecular formula is C29H37F3N2O4. The van der Waals surface area contributed by atoms with E-state index in [-0.39, 0.29) is 23.6 Å². The maximum Gasteiger partial charge on any atom is 0.415 e. The molecule has 2 amide bonds. The average Bonchev–Trinajstić information content (AvgIpc) is 3.70. The van der Waals surface area contributed by atoms with Crippen LogP contribution in [0.25, 0.3) is 0 Å². The van der Waals surface area contributed by atoms with Gasteiger partial charge in [-0.2, -0.15) is 13.2 Å². The molecule has 4 atom stereocenters. The second-order valence-electron chi connectivity index (χ2n) is 12.2. The fraction of sp³-hybridized carbons (Fsp3) is 0.655. The van der Waals surface area contributed by atoms with Crippen LogP contribution in [0.4, 0.5) is 28.4 Å². The number of methoxy groups -OCH3 is 1. The van der Waals surface area contributed by atoms with Crippen molar-refractivity contribution in [1.29, 1.82) is 0 Å². The highest BCUT2D eigenvalue weighted by Crippen LogP contribution is 2.62. The SMILES string of the molecule is COC(=O)N(CC1=CC[C@H]2C[C@@H]1C2(C)C)C1CC(C2CC2)(C(F)(F)F)N(C(=O)OC(C)C)c2ccccc21. The second kappa shape index (κ2) is 9.19. The highest BCUT2D eigenvalue weighted by molar-refractivity contribution is 5.92. The fourth-order valence-electron chi connectivity index (χ4n) is 7.13. The number of anilines is 1. The van der Waals surface area contributed by atoms with E-state index in [0.717, 1.165) is 23.3 Å². The van der Waals surface area contributed by atoms with E-state index in [1.54, 1.807) is 32.0 Å². The molecule has 5 aliphatic rings. The minimum atomic E-state index is -4.75. The van der Waals surface area contributed by atoms with Crippen LogP contribution in [0, 0.1) is 23.2 Å². The van der Waals surface area contributed by atoms with Gasteiger partial charge in [-0.15, -0.1) is 0 Å². The third kappa shape index (κ3) is 4.08. The summed E-state index contributed by atoms with van der Waals surface area (Å²) in [4.78, 5) is 28.9. The molecule has 0 radical (unpaired) electrons. The molecular weight excluding hydrogens is 497 g/mol. The Morgan fingerprint density at radius 2 is 1.84 bits per heavy atom. The number of hydrogen-bond donors (Lipinski definition) is 0. The Bertz CT molecular complexity index is 1140. The lowest BCUT2D eigenvalue weighted by Crippen LogP contribution is -2.67. The Hall–Kier alpha value is -2.71. The van der Waals surface area contributed by atoms with Gasteiger partial charge in [0.05, 0.1) is 24.9 Å². The minimum absolute atomic E-state index is 0.0947. The summed E-state index contributed by atoms with van der Waals surface area (Å²) in [6.07, 6.45) is -2.71. The number of para-hydroxylation sites is 1. The van der Waals surface area contributed by atoms with E-state index >= 15 is 13.2 Å². The van der Waals surface area contributed by atoms with Crippen molar-refractivity contribution in [2.24, 2.45) is 23.2 Å². The number of fused-ring (bicyclic) bond motifs is 2. The maximum atomic E-state index is 15.3. The molecule has 6 nitrogen and oxygen atoms in total.